The van der Waals surface area contributed by atoms with E-state index >= 15 is 0 Å². The Morgan fingerprint density at radius 2 is 1.58 bits per heavy atom. The van der Waals surface area contributed by atoms with Crippen LogP contribution in [0.25, 0.3) is 0 Å². The lowest BCUT2D eigenvalue weighted by Crippen LogP contribution is -2.63. The molecule has 1 heterocycles. The highest BCUT2D eigenvalue weighted by Crippen LogP contribution is 2.43. The highest BCUT2D eigenvalue weighted by Gasteiger charge is 2.49. The summed E-state index contributed by atoms with van der Waals surface area (Å²) in [5, 5.41) is 10.2. The van der Waals surface area contributed by atoms with Gasteiger partial charge in [0.25, 0.3) is 0 Å². The van der Waals surface area contributed by atoms with Crippen LogP contribution in [0, 0.1) is 5.41 Å². The molecule has 0 aromatic rings. The van der Waals surface area contributed by atoms with Gasteiger partial charge < -0.3 is 5.11 Å². The van der Waals surface area contributed by atoms with E-state index in [-0.39, 0.29) is 17.1 Å². The largest absolute Gasteiger partial charge is 0.392 e. The highest BCUT2D eigenvalue weighted by atomic mass is 16.3. The molecule has 0 aromatic heterocycles. The molecule has 0 aliphatic carbocycles. The molecule has 1 saturated heterocycles. The van der Waals surface area contributed by atoms with Gasteiger partial charge in [-0.25, -0.2) is 0 Å². The van der Waals surface area contributed by atoms with Crippen molar-refractivity contribution in [3.8, 4) is 0 Å². The maximum absolute atomic E-state index is 10.2. The van der Waals surface area contributed by atoms with E-state index in [2.05, 4.69) is 39.5 Å². The summed E-state index contributed by atoms with van der Waals surface area (Å²) in [5.41, 5.74) is 0.0710. The van der Waals surface area contributed by atoms with E-state index in [0.29, 0.717) is 0 Å². The average Bonchev–Trinajstić information content (AvgIpc) is 2.34. The van der Waals surface area contributed by atoms with Crippen LogP contribution in [0.3, 0.4) is 0 Å². The number of hydrogen-bond acceptors (Lipinski definition) is 2. The van der Waals surface area contributed by atoms with Gasteiger partial charge in [0.05, 0.1) is 6.10 Å². The zero-order chi connectivity index (χ0) is 14.5. The van der Waals surface area contributed by atoms with Gasteiger partial charge in [-0.05, 0) is 33.2 Å². The number of likely N-dealkylation sites (tertiary alicyclic amines) is 1. The molecule has 1 aliphatic heterocycles. The Morgan fingerprint density at radius 1 is 1.00 bits per heavy atom. The number of piperidine rings is 1. The van der Waals surface area contributed by atoms with E-state index in [1.807, 2.05) is 0 Å². The second-order valence-electron chi connectivity index (χ2n) is 7.34. The summed E-state index contributed by atoms with van der Waals surface area (Å²) in [6, 6.07) is 0. The van der Waals surface area contributed by atoms with Crippen LogP contribution in [0.5, 0.6) is 0 Å². The molecule has 1 N–H and O–H groups in total. The third kappa shape index (κ3) is 3.95. The molecule has 114 valence electrons. The van der Waals surface area contributed by atoms with Gasteiger partial charge in [0.2, 0.25) is 0 Å². The predicted molar refractivity (Wildman–Crippen MR) is 83.4 cm³/mol. The second kappa shape index (κ2) is 7.08. The number of rotatable bonds is 7. The third-order valence-electron chi connectivity index (χ3n) is 5.65. The van der Waals surface area contributed by atoms with E-state index in [0.717, 1.165) is 13.0 Å². The SMILES string of the molecule is CCCCCCCCN1CCC(O)C(C)(C)C1(C)C. The van der Waals surface area contributed by atoms with Crippen LogP contribution in [0.4, 0.5) is 0 Å². The van der Waals surface area contributed by atoms with Crippen molar-refractivity contribution in [1.82, 2.24) is 4.90 Å². The Hall–Kier alpha value is -0.0800. The van der Waals surface area contributed by atoms with E-state index < -0.39 is 0 Å². The van der Waals surface area contributed by atoms with Crippen molar-refractivity contribution in [3.63, 3.8) is 0 Å². The zero-order valence-electron chi connectivity index (χ0n) is 13.8. The Morgan fingerprint density at radius 3 is 2.21 bits per heavy atom. The van der Waals surface area contributed by atoms with Crippen molar-refractivity contribution >= 4 is 0 Å². The summed E-state index contributed by atoms with van der Waals surface area (Å²) < 4.78 is 0. The average molecular weight is 269 g/mol. The molecule has 1 fully saturated rings. The Bertz CT molecular complexity index is 260. The first-order valence-corrected chi connectivity index (χ1v) is 8.27. The molecular formula is C17H35NO. The fourth-order valence-electron chi connectivity index (χ4n) is 3.21. The molecule has 2 heteroatoms. The van der Waals surface area contributed by atoms with Crippen LogP contribution in [0.2, 0.25) is 0 Å². The first-order valence-electron chi connectivity index (χ1n) is 8.27. The monoisotopic (exact) mass is 269 g/mol. The van der Waals surface area contributed by atoms with E-state index in [9.17, 15) is 5.11 Å². The molecule has 0 spiro atoms. The van der Waals surface area contributed by atoms with Crippen molar-refractivity contribution in [2.45, 2.75) is 91.2 Å². The van der Waals surface area contributed by atoms with Crippen molar-refractivity contribution in [2.24, 2.45) is 5.41 Å². The third-order valence-corrected chi connectivity index (χ3v) is 5.65. The van der Waals surface area contributed by atoms with Gasteiger partial charge in [0.1, 0.15) is 0 Å². The van der Waals surface area contributed by atoms with Crippen LogP contribution >= 0.6 is 0 Å². The molecule has 2 nitrogen and oxygen atoms in total. The molecule has 1 rings (SSSR count). The van der Waals surface area contributed by atoms with Gasteiger partial charge in [0, 0.05) is 17.5 Å². The molecule has 1 atom stereocenters. The molecule has 19 heavy (non-hydrogen) atoms. The summed E-state index contributed by atoms with van der Waals surface area (Å²) in [5.74, 6) is 0. The van der Waals surface area contributed by atoms with Gasteiger partial charge in [-0.15, -0.1) is 0 Å². The second-order valence-corrected chi connectivity index (χ2v) is 7.34. The first-order chi connectivity index (χ1) is 8.84. The molecule has 0 saturated carbocycles. The molecule has 0 radical (unpaired) electrons. The van der Waals surface area contributed by atoms with Gasteiger partial charge in [-0.3, -0.25) is 4.90 Å². The lowest BCUT2D eigenvalue weighted by molar-refractivity contribution is -0.113. The minimum Gasteiger partial charge on any atom is -0.392 e. The predicted octanol–water partition coefficient (Wildman–Crippen LogP) is 4.22. The topological polar surface area (TPSA) is 23.5 Å². The quantitative estimate of drug-likeness (QED) is 0.700. The minimum absolute atomic E-state index is 0.0204. The summed E-state index contributed by atoms with van der Waals surface area (Å²) in [6.45, 7) is 13.5. The molecular weight excluding hydrogens is 234 g/mol. The van der Waals surface area contributed by atoms with Gasteiger partial charge >= 0.3 is 0 Å². The van der Waals surface area contributed by atoms with Gasteiger partial charge in [-0.2, -0.15) is 0 Å². The first kappa shape index (κ1) is 17.0. The lowest BCUT2D eigenvalue weighted by atomic mass is 9.66. The number of unbranched alkanes of at least 4 members (excludes halogenated alkanes) is 5. The van der Waals surface area contributed by atoms with Crippen LogP contribution in [-0.2, 0) is 0 Å². The van der Waals surface area contributed by atoms with Crippen molar-refractivity contribution in [3.05, 3.63) is 0 Å². The standard InChI is InChI=1S/C17H35NO/c1-6-7-8-9-10-11-13-18-14-12-15(19)16(2,3)17(18,4)5/h15,19H,6-14H2,1-5H3. The van der Waals surface area contributed by atoms with Crippen LogP contribution in [-0.4, -0.2) is 34.7 Å². The number of nitrogens with zero attached hydrogens (tertiary/aromatic N) is 1. The fourth-order valence-corrected chi connectivity index (χ4v) is 3.21. The summed E-state index contributed by atoms with van der Waals surface area (Å²) in [6.07, 6.45) is 8.90. The van der Waals surface area contributed by atoms with Crippen LogP contribution < -0.4 is 0 Å². The van der Waals surface area contributed by atoms with E-state index in [1.54, 1.807) is 0 Å². The fraction of sp³-hybridized carbons (Fsp3) is 1.00. The van der Waals surface area contributed by atoms with E-state index in [1.165, 1.54) is 45.1 Å². The molecule has 0 bridgehead atoms. The Balaban J connectivity index is 2.37. The molecule has 1 aliphatic rings. The molecule has 1 unspecified atom stereocenters. The summed E-state index contributed by atoms with van der Waals surface area (Å²) >= 11 is 0. The van der Waals surface area contributed by atoms with E-state index in [4.69, 9.17) is 0 Å². The minimum atomic E-state index is -0.164. The summed E-state index contributed by atoms with van der Waals surface area (Å²) in [4.78, 5) is 2.60. The molecule has 0 amide bonds. The maximum Gasteiger partial charge on any atom is 0.0620 e. The van der Waals surface area contributed by atoms with Crippen LogP contribution in [0.15, 0.2) is 0 Å². The smallest absolute Gasteiger partial charge is 0.0620 e. The zero-order valence-corrected chi connectivity index (χ0v) is 13.8. The van der Waals surface area contributed by atoms with Crippen molar-refractivity contribution < 1.29 is 5.11 Å². The number of aliphatic hydroxyl groups excluding tert-OH is 1. The number of aliphatic hydroxyl groups is 1. The maximum atomic E-state index is 10.2. The molecule has 0 aromatic carbocycles. The number of hydrogen-bond donors (Lipinski definition) is 1. The Labute approximate surface area is 120 Å². The highest BCUT2D eigenvalue weighted by molar-refractivity contribution is 5.02. The van der Waals surface area contributed by atoms with Gasteiger partial charge in [-0.1, -0.05) is 52.9 Å². The van der Waals surface area contributed by atoms with Gasteiger partial charge in [0.15, 0.2) is 0 Å². The Kier molecular flexibility index (Phi) is 6.32. The normalized spacial score (nSPS) is 26.5. The lowest BCUT2D eigenvalue weighted by Gasteiger charge is -2.55. The van der Waals surface area contributed by atoms with Crippen molar-refractivity contribution in [2.75, 3.05) is 13.1 Å². The van der Waals surface area contributed by atoms with Crippen molar-refractivity contribution in [1.29, 1.82) is 0 Å². The van der Waals surface area contributed by atoms with Crippen LogP contribution in [0.1, 0.15) is 79.6 Å². The summed E-state index contributed by atoms with van der Waals surface area (Å²) in [7, 11) is 0.